The van der Waals surface area contributed by atoms with Crippen LogP contribution in [0.25, 0.3) is 22.3 Å². The van der Waals surface area contributed by atoms with Crippen molar-refractivity contribution >= 4 is 26.8 Å². The minimum atomic E-state index is -3.14. The van der Waals surface area contributed by atoms with E-state index in [0.717, 1.165) is 12.8 Å². The predicted molar refractivity (Wildman–Crippen MR) is 121 cm³/mol. The molecule has 2 atom stereocenters. The molecule has 0 bridgehead atoms. The molecule has 1 aromatic carbocycles. The van der Waals surface area contributed by atoms with Crippen LogP contribution in [-0.4, -0.2) is 59.9 Å². The summed E-state index contributed by atoms with van der Waals surface area (Å²) in [6, 6.07) is 7.22. The van der Waals surface area contributed by atoms with E-state index in [9.17, 15) is 17.6 Å². The molecule has 1 amide bonds. The Hall–Kier alpha value is -2.85. The first kappa shape index (κ1) is 22.0. The minimum Gasteiger partial charge on any atom is -0.376 e. The fraction of sp³-hybridized carbons (Fsp3) is 0.435. The van der Waals surface area contributed by atoms with E-state index in [-0.39, 0.29) is 35.4 Å². The number of nitrogens with zero attached hydrogens (tertiary/aromatic N) is 3. The Bertz CT molecular complexity index is 1310. The Labute approximate surface area is 191 Å². The minimum absolute atomic E-state index is 0.00429. The summed E-state index contributed by atoms with van der Waals surface area (Å²) in [5.41, 5.74) is 2.61. The van der Waals surface area contributed by atoms with E-state index < -0.39 is 9.84 Å². The zero-order valence-electron chi connectivity index (χ0n) is 18.3. The number of sulfone groups is 1. The molecule has 0 saturated carbocycles. The van der Waals surface area contributed by atoms with Crippen molar-refractivity contribution < 1.29 is 22.3 Å². The fourth-order valence-corrected chi connectivity index (χ4v) is 6.28. The Morgan fingerprint density at radius 1 is 1.27 bits per heavy atom. The fourth-order valence-electron chi connectivity index (χ4n) is 4.59. The number of aromatic nitrogens is 3. The molecule has 2 aromatic heterocycles. The first-order valence-corrected chi connectivity index (χ1v) is 12.9. The van der Waals surface area contributed by atoms with E-state index in [4.69, 9.17) is 9.72 Å². The number of hydrogen-bond donors (Lipinski definition) is 1. The molecule has 2 saturated heterocycles. The van der Waals surface area contributed by atoms with Crippen LogP contribution in [0.15, 0.2) is 30.3 Å². The maximum Gasteiger partial charge on any atom is 0.252 e. The molecule has 0 aliphatic carbocycles. The molecule has 5 rings (SSSR count). The predicted octanol–water partition coefficient (Wildman–Crippen LogP) is 2.81. The summed E-state index contributed by atoms with van der Waals surface area (Å²) in [6.45, 7) is 2.89. The number of amides is 1. The van der Waals surface area contributed by atoms with Crippen LogP contribution < -0.4 is 5.32 Å². The molecule has 174 valence electrons. The zero-order valence-corrected chi connectivity index (χ0v) is 19.1. The summed E-state index contributed by atoms with van der Waals surface area (Å²) in [5, 5.41) is 8.14. The van der Waals surface area contributed by atoms with Crippen LogP contribution in [-0.2, 0) is 14.6 Å². The lowest BCUT2D eigenvalue weighted by Gasteiger charge is -2.14. The Kier molecular flexibility index (Phi) is 5.65. The van der Waals surface area contributed by atoms with Crippen molar-refractivity contribution in [2.24, 2.45) is 0 Å². The van der Waals surface area contributed by atoms with Crippen LogP contribution in [0, 0.1) is 12.7 Å². The highest BCUT2D eigenvalue weighted by Crippen LogP contribution is 2.32. The molecule has 2 fully saturated rings. The van der Waals surface area contributed by atoms with E-state index >= 15 is 0 Å². The lowest BCUT2D eigenvalue weighted by molar-refractivity contribution is 0.0859. The quantitative estimate of drug-likeness (QED) is 0.613. The van der Waals surface area contributed by atoms with Crippen LogP contribution in [0.5, 0.6) is 0 Å². The summed E-state index contributed by atoms with van der Waals surface area (Å²) in [4.78, 5) is 18.0. The van der Waals surface area contributed by atoms with Crippen molar-refractivity contribution in [3.8, 4) is 11.3 Å². The summed E-state index contributed by atoms with van der Waals surface area (Å²) >= 11 is 0. The number of nitrogens with one attached hydrogen (secondary N) is 1. The number of aryl methyl sites for hydroxylation is 1. The zero-order chi connectivity index (χ0) is 23.2. The van der Waals surface area contributed by atoms with Crippen molar-refractivity contribution in [2.45, 2.75) is 38.3 Å². The van der Waals surface area contributed by atoms with Crippen molar-refractivity contribution in [1.82, 2.24) is 20.1 Å². The van der Waals surface area contributed by atoms with E-state index in [1.807, 2.05) is 0 Å². The van der Waals surface area contributed by atoms with Gasteiger partial charge in [0.15, 0.2) is 15.5 Å². The molecule has 2 aliphatic rings. The van der Waals surface area contributed by atoms with E-state index in [1.165, 1.54) is 12.1 Å². The normalized spacial score (nSPS) is 22.1. The number of carbonyl (C=O) groups is 1. The van der Waals surface area contributed by atoms with E-state index in [1.54, 1.807) is 29.8 Å². The second-order valence-corrected chi connectivity index (χ2v) is 10.9. The third-order valence-electron chi connectivity index (χ3n) is 6.29. The van der Waals surface area contributed by atoms with Gasteiger partial charge in [-0.2, -0.15) is 5.10 Å². The molecule has 0 unspecified atom stereocenters. The summed E-state index contributed by atoms with van der Waals surface area (Å²) in [6.07, 6.45) is 2.32. The van der Waals surface area contributed by atoms with Gasteiger partial charge in [0.25, 0.3) is 5.91 Å². The van der Waals surface area contributed by atoms with Crippen LogP contribution in [0.4, 0.5) is 4.39 Å². The Balaban J connectivity index is 1.60. The Morgan fingerprint density at radius 3 is 2.73 bits per heavy atom. The van der Waals surface area contributed by atoms with Crippen molar-refractivity contribution in [1.29, 1.82) is 0 Å². The smallest absolute Gasteiger partial charge is 0.252 e. The SMILES string of the molecule is Cc1nn([C@H]2CCS(=O)(=O)C2)c2nc(-c3ccc(F)cc3)cc(C(=O)NC[C@H]3CCCO3)c12. The molecular formula is C23H25FN4O4S. The largest absolute Gasteiger partial charge is 0.376 e. The van der Waals surface area contributed by atoms with Gasteiger partial charge in [-0.25, -0.2) is 22.5 Å². The average molecular weight is 473 g/mol. The number of hydrogen-bond acceptors (Lipinski definition) is 6. The molecule has 2 aliphatic heterocycles. The monoisotopic (exact) mass is 472 g/mol. The number of ether oxygens (including phenoxy) is 1. The van der Waals surface area contributed by atoms with Crippen LogP contribution >= 0.6 is 0 Å². The lowest BCUT2D eigenvalue weighted by Crippen LogP contribution is -2.32. The highest BCUT2D eigenvalue weighted by atomic mass is 32.2. The van der Waals surface area contributed by atoms with Gasteiger partial charge in [-0.05, 0) is 56.5 Å². The second kappa shape index (κ2) is 8.49. The summed E-state index contributed by atoms with van der Waals surface area (Å²) in [5.74, 6) is -0.550. The molecule has 33 heavy (non-hydrogen) atoms. The molecule has 3 aromatic rings. The average Bonchev–Trinajstić information content (AvgIpc) is 3.51. The van der Waals surface area contributed by atoms with Crippen molar-refractivity contribution in [2.75, 3.05) is 24.7 Å². The number of pyridine rings is 1. The van der Waals surface area contributed by atoms with Gasteiger partial charge in [0.1, 0.15) is 5.82 Å². The lowest BCUT2D eigenvalue weighted by atomic mass is 10.0. The van der Waals surface area contributed by atoms with Crippen LogP contribution in [0.3, 0.4) is 0 Å². The maximum atomic E-state index is 13.5. The number of rotatable bonds is 5. The first-order valence-electron chi connectivity index (χ1n) is 11.1. The number of carbonyl (C=O) groups excluding carboxylic acids is 1. The highest BCUT2D eigenvalue weighted by molar-refractivity contribution is 7.91. The molecular weight excluding hydrogens is 447 g/mol. The summed E-state index contributed by atoms with van der Waals surface area (Å²) in [7, 11) is -3.14. The number of fused-ring (bicyclic) bond motifs is 1. The molecule has 1 N–H and O–H groups in total. The second-order valence-electron chi connectivity index (χ2n) is 8.69. The van der Waals surface area contributed by atoms with Crippen LogP contribution in [0.2, 0.25) is 0 Å². The third-order valence-corrected chi connectivity index (χ3v) is 8.04. The van der Waals surface area contributed by atoms with Gasteiger partial charge < -0.3 is 10.1 Å². The molecule has 8 nitrogen and oxygen atoms in total. The molecule has 0 spiro atoms. The van der Waals surface area contributed by atoms with Gasteiger partial charge in [0, 0.05) is 18.7 Å². The van der Waals surface area contributed by atoms with Gasteiger partial charge in [0.2, 0.25) is 0 Å². The summed E-state index contributed by atoms with van der Waals surface area (Å²) < 4.78 is 44.9. The maximum absolute atomic E-state index is 13.5. The van der Waals surface area contributed by atoms with Gasteiger partial charge in [0.05, 0.1) is 46.0 Å². The van der Waals surface area contributed by atoms with Crippen molar-refractivity contribution in [3.05, 3.63) is 47.4 Å². The van der Waals surface area contributed by atoms with E-state index in [2.05, 4.69) is 10.4 Å². The molecule has 0 radical (unpaired) electrons. The third kappa shape index (κ3) is 4.37. The highest BCUT2D eigenvalue weighted by Gasteiger charge is 2.32. The Morgan fingerprint density at radius 2 is 2.06 bits per heavy atom. The molecule has 10 heteroatoms. The number of halogens is 1. The first-order chi connectivity index (χ1) is 15.8. The van der Waals surface area contributed by atoms with Crippen molar-refractivity contribution in [3.63, 3.8) is 0 Å². The number of benzene rings is 1. The standard InChI is InChI=1S/C23H25FN4O4S/c1-14-21-19(23(29)25-12-18-3-2-9-32-18)11-20(15-4-6-16(24)7-5-15)26-22(21)28(27-14)17-8-10-33(30,31)13-17/h4-7,11,17-18H,2-3,8-10,12-13H2,1H3,(H,25,29)/t17-,18+/m0/s1. The van der Waals surface area contributed by atoms with E-state index in [0.29, 0.717) is 53.1 Å². The van der Waals surface area contributed by atoms with Gasteiger partial charge in [-0.15, -0.1) is 0 Å². The van der Waals surface area contributed by atoms with Gasteiger partial charge in [-0.1, -0.05) is 0 Å². The van der Waals surface area contributed by atoms with Gasteiger partial charge in [-0.3, -0.25) is 4.79 Å². The molecule has 4 heterocycles. The van der Waals surface area contributed by atoms with Gasteiger partial charge >= 0.3 is 0 Å². The van der Waals surface area contributed by atoms with Crippen LogP contribution in [0.1, 0.15) is 41.4 Å². The topological polar surface area (TPSA) is 103 Å².